The third-order valence-corrected chi connectivity index (χ3v) is 5.02. The number of rotatable bonds is 2. The Morgan fingerprint density at radius 3 is 2.57 bits per heavy atom. The van der Waals surface area contributed by atoms with E-state index in [0.29, 0.717) is 29.9 Å². The molecule has 1 aliphatic rings. The highest BCUT2D eigenvalue weighted by atomic mass is 19.4. The van der Waals surface area contributed by atoms with Gasteiger partial charge in [-0.3, -0.25) is 4.57 Å². The molecule has 0 spiro atoms. The smallest absolute Gasteiger partial charge is 0.391 e. The first-order chi connectivity index (χ1) is 13.3. The van der Waals surface area contributed by atoms with Crippen LogP contribution >= 0.6 is 0 Å². The monoisotopic (exact) mass is 389 g/mol. The second-order valence-corrected chi connectivity index (χ2v) is 6.96. The minimum atomic E-state index is -4.53. The normalized spacial score (nSPS) is 17.5. The molecule has 2 aromatic carbocycles. The van der Waals surface area contributed by atoms with Crippen molar-refractivity contribution in [2.45, 2.75) is 25.6 Å². The quantitative estimate of drug-likeness (QED) is 0.731. The van der Waals surface area contributed by atoms with Gasteiger partial charge in [-0.15, -0.1) is 0 Å². The van der Waals surface area contributed by atoms with Crippen LogP contribution in [-0.4, -0.2) is 33.9 Å². The maximum absolute atomic E-state index is 13.3. The maximum atomic E-state index is 13.3. The molecule has 0 radical (unpaired) electrons. The first-order valence-corrected chi connectivity index (χ1v) is 8.89. The Hall–Kier alpha value is -2.87. The lowest BCUT2D eigenvalue weighted by molar-refractivity contribution is -0.137. The largest absolute Gasteiger partial charge is 0.416 e. The van der Waals surface area contributed by atoms with Gasteiger partial charge < -0.3 is 10.0 Å². The van der Waals surface area contributed by atoms with Crippen LogP contribution in [0.2, 0.25) is 0 Å². The van der Waals surface area contributed by atoms with E-state index < -0.39 is 23.5 Å². The molecule has 0 aliphatic carbocycles. The molecular weight excluding hydrogens is 371 g/mol. The fraction of sp³-hybridized carbons (Fsp3) is 0.300. The lowest BCUT2D eigenvalue weighted by Gasteiger charge is -2.21. The molecule has 8 heteroatoms. The summed E-state index contributed by atoms with van der Waals surface area (Å²) in [7, 11) is 0. The van der Waals surface area contributed by atoms with Gasteiger partial charge >= 0.3 is 11.9 Å². The van der Waals surface area contributed by atoms with Crippen LogP contribution < -0.4 is 10.6 Å². The number of alkyl halides is 3. The van der Waals surface area contributed by atoms with Gasteiger partial charge in [-0.25, -0.2) is 4.79 Å². The maximum Gasteiger partial charge on any atom is 0.416 e. The number of nitrogens with zero attached hydrogens (tertiary/aromatic N) is 3. The molecule has 2 heterocycles. The molecule has 0 saturated carbocycles. The second kappa shape index (κ2) is 6.63. The fourth-order valence-electron chi connectivity index (χ4n) is 3.61. The predicted octanol–water partition coefficient (Wildman–Crippen LogP) is 3.28. The van der Waals surface area contributed by atoms with E-state index in [1.54, 1.807) is 36.1 Å². The molecule has 0 amide bonds. The van der Waals surface area contributed by atoms with Crippen LogP contribution in [0.5, 0.6) is 0 Å². The van der Waals surface area contributed by atoms with Crippen LogP contribution in [0.15, 0.2) is 47.3 Å². The van der Waals surface area contributed by atoms with E-state index in [9.17, 15) is 23.1 Å². The predicted molar refractivity (Wildman–Crippen MR) is 99.9 cm³/mol. The number of aliphatic hydroxyl groups is 1. The highest BCUT2D eigenvalue weighted by molar-refractivity contribution is 5.91. The zero-order valence-electron chi connectivity index (χ0n) is 15.1. The molecule has 1 atom stereocenters. The minimum absolute atomic E-state index is 0.139. The van der Waals surface area contributed by atoms with Crippen molar-refractivity contribution in [3.63, 3.8) is 0 Å². The lowest BCUT2D eigenvalue weighted by Crippen LogP contribution is -2.29. The summed E-state index contributed by atoms with van der Waals surface area (Å²) in [4.78, 5) is 18.8. The summed E-state index contributed by atoms with van der Waals surface area (Å²) in [6.45, 7) is 2.56. The Labute approximate surface area is 158 Å². The van der Waals surface area contributed by atoms with E-state index >= 15 is 0 Å². The Bertz CT molecular complexity index is 1110. The first-order valence-electron chi connectivity index (χ1n) is 8.89. The number of β-amino-alcohol motifs (C(OH)–C–C–N with tert-alkyl or cyclic N) is 1. The Balaban J connectivity index is 2.05. The molecule has 146 valence electrons. The van der Waals surface area contributed by atoms with Gasteiger partial charge in [-0.05, 0) is 43.2 Å². The van der Waals surface area contributed by atoms with E-state index in [2.05, 4.69) is 4.98 Å². The number of hydrogen-bond acceptors (Lipinski definition) is 4. The van der Waals surface area contributed by atoms with Gasteiger partial charge in [-0.1, -0.05) is 18.2 Å². The number of fused-ring (bicyclic) bond motifs is 1. The lowest BCUT2D eigenvalue weighted by atomic mass is 10.1. The van der Waals surface area contributed by atoms with Crippen LogP contribution in [0.4, 0.5) is 19.0 Å². The summed E-state index contributed by atoms with van der Waals surface area (Å²) in [6.07, 6.45) is -4.57. The number of aliphatic hydroxyl groups excluding tert-OH is 1. The average Bonchev–Trinajstić information content (AvgIpc) is 3.07. The number of para-hydroxylation sites is 1. The summed E-state index contributed by atoms with van der Waals surface area (Å²) >= 11 is 0. The second-order valence-electron chi connectivity index (χ2n) is 6.96. The SMILES string of the molecule is Cc1ccccc1-n1c(=O)nc(N2CC[C@@H](O)C2)c2ccc(C(F)(F)F)cc21. The first kappa shape index (κ1) is 18.5. The van der Waals surface area contributed by atoms with Crippen molar-refractivity contribution >= 4 is 16.7 Å². The molecule has 1 aromatic heterocycles. The van der Waals surface area contributed by atoms with Crippen molar-refractivity contribution in [1.29, 1.82) is 0 Å². The summed E-state index contributed by atoms with van der Waals surface area (Å²) < 4.78 is 41.2. The fourth-order valence-corrected chi connectivity index (χ4v) is 3.61. The van der Waals surface area contributed by atoms with E-state index in [0.717, 1.165) is 17.7 Å². The third kappa shape index (κ3) is 3.13. The summed E-state index contributed by atoms with van der Waals surface area (Å²) in [5.74, 6) is 0.301. The molecule has 1 aliphatic heterocycles. The molecule has 3 aromatic rings. The van der Waals surface area contributed by atoms with Crippen LogP contribution in [0, 0.1) is 6.92 Å². The van der Waals surface area contributed by atoms with Gasteiger partial charge in [-0.2, -0.15) is 18.2 Å². The molecular formula is C20H18F3N3O2. The van der Waals surface area contributed by atoms with E-state index in [4.69, 9.17) is 0 Å². The number of aryl methyl sites for hydroxylation is 1. The van der Waals surface area contributed by atoms with E-state index in [1.807, 2.05) is 0 Å². The van der Waals surface area contributed by atoms with Crippen molar-refractivity contribution in [2.75, 3.05) is 18.0 Å². The molecule has 0 bridgehead atoms. The standard InChI is InChI=1S/C20H18F3N3O2/c1-12-4-2-3-5-16(12)26-17-10-13(20(21,22)23)6-7-15(17)18(24-19(26)28)25-9-8-14(27)11-25/h2-7,10,14,27H,8-9,11H2,1H3/t14-/m1/s1. The molecule has 1 fully saturated rings. The van der Waals surface area contributed by atoms with Crippen LogP contribution in [0.25, 0.3) is 16.6 Å². The number of hydrogen-bond donors (Lipinski definition) is 1. The van der Waals surface area contributed by atoms with Gasteiger partial charge in [0.2, 0.25) is 0 Å². The van der Waals surface area contributed by atoms with Crippen molar-refractivity contribution in [3.8, 4) is 5.69 Å². The zero-order chi connectivity index (χ0) is 20.1. The molecule has 5 nitrogen and oxygen atoms in total. The van der Waals surface area contributed by atoms with Crippen molar-refractivity contribution < 1.29 is 18.3 Å². The highest BCUT2D eigenvalue weighted by Crippen LogP contribution is 2.34. The Morgan fingerprint density at radius 2 is 1.93 bits per heavy atom. The number of anilines is 1. The van der Waals surface area contributed by atoms with E-state index in [-0.39, 0.29) is 12.1 Å². The minimum Gasteiger partial charge on any atom is -0.391 e. The van der Waals surface area contributed by atoms with Gasteiger partial charge in [0.25, 0.3) is 0 Å². The summed E-state index contributed by atoms with van der Waals surface area (Å²) in [6, 6.07) is 10.3. The van der Waals surface area contributed by atoms with Gasteiger partial charge in [0.1, 0.15) is 5.82 Å². The van der Waals surface area contributed by atoms with Gasteiger partial charge in [0, 0.05) is 18.5 Å². The number of halogens is 3. The number of benzene rings is 2. The zero-order valence-corrected chi connectivity index (χ0v) is 15.1. The van der Waals surface area contributed by atoms with Crippen LogP contribution in [0.1, 0.15) is 17.5 Å². The van der Waals surface area contributed by atoms with Gasteiger partial charge in [0.05, 0.1) is 22.9 Å². The Kier molecular flexibility index (Phi) is 4.38. The third-order valence-electron chi connectivity index (χ3n) is 5.02. The van der Waals surface area contributed by atoms with Crippen molar-refractivity contribution in [2.24, 2.45) is 0 Å². The van der Waals surface area contributed by atoms with Crippen molar-refractivity contribution in [1.82, 2.24) is 9.55 Å². The summed E-state index contributed by atoms with van der Waals surface area (Å²) in [5.41, 5.74) is -0.120. The Morgan fingerprint density at radius 1 is 1.18 bits per heavy atom. The van der Waals surface area contributed by atoms with Crippen LogP contribution in [0.3, 0.4) is 0 Å². The summed E-state index contributed by atoms with van der Waals surface area (Å²) in [5, 5.41) is 10.3. The molecule has 4 rings (SSSR count). The molecule has 1 saturated heterocycles. The van der Waals surface area contributed by atoms with Crippen LogP contribution in [-0.2, 0) is 6.18 Å². The average molecular weight is 389 g/mol. The number of aromatic nitrogens is 2. The molecule has 1 N–H and O–H groups in total. The van der Waals surface area contributed by atoms with Gasteiger partial charge in [0.15, 0.2) is 0 Å². The highest BCUT2D eigenvalue weighted by Gasteiger charge is 2.32. The van der Waals surface area contributed by atoms with E-state index in [1.165, 1.54) is 10.6 Å². The molecule has 28 heavy (non-hydrogen) atoms. The topological polar surface area (TPSA) is 58.4 Å². The molecule has 0 unspecified atom stereocenters. The van der Waals surface area contributed by atoms with Crippen molar-refractivity contribution in [3.05, 3.63) is 64.1 Å².